The molecule has 0 aliphatic carbocycles. The van der Waals surface area contributed by atoms with E-state index in [0.29, 0.717) is 34.3 Å². The van der Waals surface area contributed by atoms with Gasteiger partial charge >= 0.3 is 0 Å². The molecule has 4 rings (SSSR count). The molecule has 132 valence electrons. The monoisotopic (exact) mass is 367 g/mol. The molecule has 1 atom stereocenters. The number of benzene rings is 2. The van der Waals surface area contributed by atoms with Gasteiger partial charge in [-0.1, -0.05) is 41.9 Å². The number of primary amides is 1. The van der Waals surface area contributed by atoms with E-state index < -0.39 is 5.91 Å². The van der Waals surface area contributed by atoms with E-state index in [9.17, 15) is 4.79 Å². The topological polar surface area (TPSA) is 99.0 Å². The molecule has 1 amide bonds. The normalized spacial score (nSPS) is 16.0. The van der Waals surface area contributed by atoms with Crippen molar-refractivity contribution >= 4 is 29.0 Å². The maximum absolute atomic E-state index is 12.2. The SMILES string of the molecule is NC(=O)c1c(-c2ccc(Cl)cc2)nn2c1NCCC2c1ccccc1N. The van der Waals surface area contributed by atoms with Crippen molar-refractivity contribution in [2.75, 3.05) is 17.6 Å². The molecule has 0 saturated carbocycles. The highest BCUT2D eigenvalue weighted by atomic mass is 35.5. The van der Waals surface area contributed by atoms with Crippen molar-refractivity contribution in [3.8, 4) is 11.3 Å². The van der Waals surface area contributed by atoms with Crippen molar-refractivity contribution in [3.63, 3.8) is 0 Å². The molecule has 1 aromatic heterocycles. The number of anilines is 2. The molecule has 0 saturated heterocycles. The Hall–Kier alpha value is -2.99. The number of carbonyl (C=O) groups excluding carboxylic acids is 1. The van der Waals surface area contributed by atoms with Crippen LogP contribution in [0.25, 0.3) is 11.3 Å². The van der Waals surface area contributed by atoms with Crippen LogP contribution in [0, 0.1) is 0 Å². The summed E-state index contributed by atoms with van der Waals surface area (Å²) in [5.41, 5.74) is 15.2. The van der Waals surface area contributed by atoms with Gasteiger partial charge in [-0.3, -0.25) is 4.79 Å². The molecule has 26 heavy (non-hydrogen) atoms. The molecule has 1 aliphatic rings. The van der Waals surface area contributed by atoms with E-state index in [1.165, 1.54) is 0 Å². The summed E-state index contributed by atoms with van der Waals surface area (Å²) in [6.45, 7) is 0.699. The van der Waals surface area contributed by atoms with Gasteiger partial charge in [0.1, 0.15) is 17.1 Å². The summed E-state index contributed by atoms with van der Waals surface area (Å²) >= 11 is 5.98. The first kappa shape index (κ1) is 16.5. The quantitative estimate of drug-likeness (QED) is 0.618. The van der Waals surface area contributed by atoms with Crippen LogP contribution in [0.15, 0.2) is 48.5 Å². The second kappa shape index (κ2) is 6.38. The Balaban J connectivity index is 1.90. The smallest absolute Gasteiger partial charge is 0.254 e. The summed E-state index contributed by atoms with van der Waals surface area (Å²) in [5.74, 6) is 0.104. The summed E-state index contributed by atoms with van der Waals surface area (Å²) in [4.78, 5) is 12.2. The number of para-hydroxylation sites is 1. The van der Waals surface area contributed by atoms with Crippen molar-refractivity contribution in [1.29, 1.82) is 0 Å². The summed E-state index contributed by atoms with van der Waals surface area (Å²) < 4.78 is 1.82. The fraction of sp³-hybridized carbons (Fsp3) is 0.158. The number of aromatic nitrogens is 2. The van der Waals surface area contributed by atoms with Crippen molar-refractivity contribution in [1.82, 2.24) is 9.78 Å². The van der Waals surface area contributed by atoms with E-state index in [0.717, 1.165) is 17.5 Å². The van der Waals surface area contributed by atoms with E-state index >= 15 is 0 Å². The summed E-state index contributed by atoms with van der Waals surface area (Å²) in [6, 6.07) is 14.8. The molecular formula is C19H18ClN5O. The lowest BCUT2D eigenvalue weighted by Gasteiger charge is -2.27. The summed E-state index contributed by atoms with van der Waals surface area (Å²) in [7, 11) is 0. The third kappa shape index (κ3) is 2.68. The van der Waals surface area contributed by atoms with Crippen LogP contribution in [0.1, 0.15) is 28.4 Å². The number of nitrogens with two attached hydrogens (primary N) is 2. The van der Waals surface area contributed by atoms with Gasteiger partial charge < -0.3 is 16.8 Å². The van der Waals surface area contributed by atoms with Gasteiger partial charge in [-0.05, 0) is 30.2 Å². The van der Waals surface area contributed by atoms with Crippen molar-refractivity contribution in [2.45, 2.75) is 12.5 Å². The fourth-order valence-electron chi connectivity index (χ4n) is 3.42. The molecule has 1 aliphatic heterocycles. The Morgan fingerprint density at radius 3 is 2.62 bits per heavy atom. The fourth-order valence-corrected chi connectivity index (χ4v) is 3.55. The molecule has 0 radical (unpaired) electrons. The zero-order chi connectivity index (χ0) is 18.3. The van der Waals surface area contributed by atoms with Gasteiger partial charge in [0.25, 0.3) is 5.91 Å². The lowest BCUT2D eigenvalue weighted by atomic mass is 10.00. The number of nitrogen functional groups attached to an aromatic ring is 1. The van der Waals surface area contributed by atoms with Crippen LogP contribution in [-0.4, -0.2) is 22.2 Å². The van der Waals surface area contributed by atoms with E-state index in [4.69, 9.17) is 28.2 Å². The number of amides is 1. The molecule has 3 aromatic rings. The van der Waals surface area contributed by atoms with E-state index in [1.54, 1.807) is 12.1 Å². The summed E-state index contributed by atoms with van der Waals surface area (Å²) in [6.07, 6.45) is 0.807. The van der Waals surface area contributed by atoms with Crippen LogP contribution >= 0.6 is 11.6 Å². The number of rotatable bonds is 3. The number of hydrogen-bond acceptors (Lipinski definition) is 4. The van der Waals surface area contributed by atoms with Crippen molar-refractivity contribution in [3.05, 3.63) is 64.7 Å². The van der Waals surface area contributed by atoms with Crippen molar-refractivity contribution in [2.24, 2.45) is 5.73 Å². The molecule has 2 aromatic carbocycles. The second-order valence-electron chi connectivity index (χ2n) is 6.25. The number of fused-ring (bicyclic) bond motifs is 1. The minimum atomic E-state index is -0.523. The second-order valence-corrected chi connectivity index (χ2v) is 6.68. The molecule has 2 heterocycles. The molecule has 0 fully saturated rings. The van der Waals surface area contributed by atoms with Gasteiger partial charge in [-0.15, -0.1) is 0 Å². The van der Waals surface area contributed by atoms with Gasteiger partial charge in [0.2, 0.25) is 0 Å². The van der Waals surface area contributed by atoms with E-state index in [1.807, 2.05) is 41.1 Å². The van der Waals surface area contributed by atoms with Gasteiger partial charge in [-0.25, -0.2) is 4.68 Å². The molecule has 6 nitrogen and oxygen atoms in total. The lowest BCUT2D eigenvalue weighted by Crippen LogP contribution is -2.26. The molecule has 0 bridgehead atoms. The number of halogens is 1. The van der Waals surface area contributed by atoms with Crippen molar-refractivity contribution < 1.29 is 4.79 Å². The lowest BCUT2D eigenvalue weighted by molar-refractivity contribution is 0.100. The molecule has 5 N–H and O–H groups in total. The highest BCUT2D eigenvalue weighted by molar-refractivity contribution is 6.30. The maximum Gasteiger partial charge on any atom is 0.254 e. The predicted molar refractivity (Wildman–Crippen MR) is 103 cm³/mol. The van der Waals surface area contributed by atoms with Gasteiger partial charge in [0, 0.05) is 22.8 Å². The average molecular weight is 368 g/mol. The first-order valence-corrected chi connectivity index (χ1v) is 8.70. The molecular weight excluding hydrogens is 350 g/mol. The number of carbonyl (C=O) groups is 1. The molecule has 0 spiro atoms. The number of hydrogen-bond donors (Lipinski definition) is 3. The predicted octanol–water partition coefficient (Wildman–Crippen LogP) is 3.29. The van der Waals surface area contributed by atoms with E-state index in [-0.39, 0.29) is 6.04 Å². The highest BCUT2D eigenvalue weighted by Gasteiger charge is 2.31. The molecule has 1 unspecified atom stereocenters. The number of nitrogens with zero attached hydrogens (tertiary/aromatic N) is 2. The molecule has 7 heteroatoms. The first-order chi connectivity index (χ1) is 12.6. The number of nitrogens with one attached hydrogen (secondary N) is 1. The third-order valence-corrected chi connectivity index (χ3v) is 4.89. The minimum absolute atomic E-state index is 0.0633. The first-order valence-electron chi connectivity index (χ1n) is 8.33. The zero-order valence-electron chi connectivity index (χ0n) is 13.9. The Labute approximate surface area is 155 Å². The van der Waals surface area contributed by atoms with Crippen LogP contribution in [-0.2, 0) is 0 Å². The van der Waals surface area contributed by atoms with Gasteiger partial charge in [0.15, 0.2) is 0 Å². The Kier molecular flexibility index (Phi) is 4.05. The largest absolute Gasteiger partial charge is 0.398 e. The standard InChI is InChI=1S/C19H18ClN5O/c20-12-7-5-11(6-8-12)17-16(18(22)26)19-23-10-9-15(25(19)24-17)13-3-1-2-4-14(13)21/h1-8,15,23H,9-10,21H2,(H2,22,26). The Morgan fingerprint density at radius 1 is 1.19 bits per heavy atom. The van der Waals surface area contributed by atoms with Crippen LogP contribution in [0.3, 0.4) is 0 Å². The highest BCUT2D eigenvalue weighted by Crippen LogP contribution is 2.38. The van der Waals surface area contributed by atoms with E-state index in [2.05, 4.69) is 5.32 Å². The maximum atomic E-state index is 12.2. The minimum Gasteiger partial charge on any atom is -0.398 e. The van der Waals surface area contributed by atoms with Crippen LogP contribution in [0.5, 0.6) is 0 Å². The van der Waals surface area contributed by atoms with Crippen LogP contribution < -0.4 is 16.8 Å². The third-order valence-electron chi connectivity index (χ3n) is 4.63. The van der Waals surface area contributed by atoms with Gasteiger partial charge in [0.05, 0.1) is 6.04 Å². The average Bonchev–Trinajstić information content (AvgIpc) is 3.02. The van der Waals surface area contributed by atoms with Crippen LogP contribution in [0.2, 0.25) is 5.02 Å². The van der Waals surface area contributed by atoms with Gasteiger partial charge in [-0.2, -0.15) is 5.10 Å². The van der Waals surface area contributed by atoms with Crippen LogP contribution in [0.4, 0.5) is 11.5 Å². The Bertz CT molecular complexity index is 980. The summed E-state index contributed by atoms with van der Waals surface area (Å²) in [5, 5.41) is 8.61. The Morgan fingerprint density at radius 2 is 1.92 bits per heavy atom. The zero-order valence-corrected chi connectivity index (χ0v) is 14.7.